The summed E-state index contributed by atoms with van der Waals surface area (Å²) in [6, 6.07) is 1.04. The molecule has 2 unspecified atom stereocenters. The van der Waals surface area contributed by atoms with Crippen molar-refractivity contribution in [1.82, 2.24) is 15.2 Å². The van der Waals surface area contributed by atoms with Gasteiger partial charge in [-0.15, -0.1) is 0 Å². The van der Waals surface area contributed by atoms with Crippen molar-refractivity contribution in [2.75, 3.05) is 26.9 Å². The minimum absolute atomic E-state index is 0.00215. The molecule has 2 N–H and O–H groups in total. The van der Waals surface area contributed by atoms with Crippen LogP contribution in [0, 0.1) is 12.7 Å². The number of aromatic nitrogens is 1. The second kappa shape index (κ2) is 12.0. The molecule has 1 aromatic heterocycles. The van der Waals surface area contributed by atoms with Gasteiger partial charge < -0.3 is 34.3 Å². The maximum atomic E-state index is 15.2. The van der Waals surface area contributed by atoms with Gasteiger partial charge in [0.2, 0.25) is 0 Å². The fraction of sp³-hybridized carbons (Fsp3) is 0.516. The molecular formula is C31H35FN3O7PS2. The number of esters is 1. The van der Waals surface area contributed by atoms with E-state index in [1.165, 1.54) is 6.07 Å². The number of rotatable bonds is 6. The van der Waals surface area contributed by atoms with Gasteiger partial charge >= 0.3 is 12.1 Å². The molecule has 2 aromatic rings. The molecular weight excluding hydrogens is 640 g/mol. The lowest BCUT2D eigenvalue weighted by Gasteiger charge is -2.42. The third-order valence-corrected chi connectivity index (χ3v) is 12.7. The van der Waals surface area contributed by atoms with E-state index >= 15 is 4.39 Å². The van der Waals surface area contributed by atoms with Crippen molar-refractivity contribution in [3.05, 3.63) is 57.1 Å². The Hall–Kier alpha value is -2.41. The summed E-state index contributed by atoms with van der Waals surface area (Å²) < 4.78 is 38.2. The van der Waals surface area contributed by atoms with Crippen LogP contribution in [0.2, 0.25) is 0 Å². The number of aryl methyl sites for hydroxylation is 1. The first-order valence-electron chi connectivity index (χ1n) is 15.1. The summed E-state index contributed by atoms with van der Waals surface area (Å²) in [5, 5.41) is 15.5. The van der Waals surface area contributed by atoms with Crippen LogP contribution >= 0.6 is 29.6 Å². The van der Waals surface area contributed by atoms with E-state index in [9.17, 15) is 14.7 Å². The third-order valence-electron chi connectivity index (χ3n) is 9.72. The summed E-state index contributed by atoms with van der Waals surface area (Å²) in [6.45, 7) is 4.87. The highest BCUT2D eigenvalue weighted by Gasteiger charge is 2.50. The molecule has 240 valence electrons. The van der Waals surface area contributed by atoms with E-state index in [0.717, 1.165) is 28.5 Å². The number of cyclic esters (lactones) is 1. The topological polar surface area (TPSA) is 119 Å². The fourth-order valence-corrected chi connectivity index (χ4v) is 10.4. The number of hydrogen-bond acceptors (Lipinski definition) is 11. The normalized spacial score (nSPS) is 28.7. The van der Waals surface area contributed by atoms with Gasteiger partial charge in [0, 0.05) is 48.4 Å². The second-order valence-corrected chi connectivity index (χ2v) is 15.8. The maximum absolute atomic E-state index is 15.2. The highest BCUT2D eigenvalue weighted by atomic mass is 33.3. The van der Waals surface area contributed by atoms with E-state index in [2.05, 4.69) is 13.8 Å². The quantitative estimate of drug-likeness (QED) is 0.248. The van der Waals surface area contributed by atoms with Crippen LogP contribution in [0.1, 0.15) is 60.2 Å². The zero-order valence-electron chi connectivity index (χ0n) is 25.2. The predicted molar refractivity (Wildman–Crippen MR) is 173 cm³/mol. The molecule has 1 aromatic carbocycles. The molecule has 0 bridgehead atoms. The van der Waals surface area contributed by atoms with E-state index < -0.39 is 29.9 Å². The number of fused-ring (bicyclic) bond motifs is 4. The van der Waals surface area contributed by atoms with E-state index in [1.54, 1.807) is 48.2 Å². The fourth-order valence-electron chi connectivity index (χ4n) is 7.40. The zero-order chi connectivity index (χ0) is 31.6. The lowest BCUT2D eigenvalue weighted by molar-refractivity contribution is -0.164. The van der Waals surface area contributed by atoms with Crippen molar-refractivity contribution in [2.45, 2.75) is 75.3 Å². The van der Waals surface area contributed by atoms with Crippen LogP contribution in [-0.2, 0) is 36.7 Å². The summed E-state index contributed by atoms with van der Waals surface area (Å²) in [6.07, 6.45) is 2.30. The number of carbonyl (C=O) groups excluding carboxylic acids is 2. The molecule has 7 rings (SSSR count). The van der Waals surface area contributed by atoms with Gasteiger partial charge in [-0.25, -0.2) is 19.0 Å². The lowest BCUT2D eigenvalue weighted by Crippen LogP contribution is -2.50. The van der Waals surface area contributed by atoms with Gasteiger partial charge in [0.05, 0.1) is 34.8 Å². The number of halogens is 1. The number of carbonyl (C=O) groups is 2. The smallest absolute Gasteiger partial charge is 0.408 e. The van der Waals surface area contributed by atoms with Gasteiger partial charge in [-0.3, -0.25) is 0 Å². The summed E-state index contributed by atoms with van der Waals surface area (Å²) >= 11 is 0. The van der Waals surface area contributed by atoms with Gasteiger partial charge in [-0.05, 0) is 55.4 Å². The van der Waals surface area contributed by atoms with Gasteiger partial charge in [0.15, 0.2) is 11.8 Å². The van der Waals surface area contributed by atoms with Crippen LogP contribution in [-0.4, -0.2) is 77.2 Å². The molecule has 0 saturated carbocycles. The molecule has 0 radical (unpaired) electrons. The Balaban J connectivity index is 1.32. The molecule has 14 heteroatoms. The van der Waals surface area contributed by atoms with Crippen molar-refractivity contribution in [2.24, 2.45) is 0 Å². The first-order chi connectivity index (χ1) is 21.7. The average Bonchev–Trinajstić information content (AvgIpc) is 3.40. The molecule has 10 nitrogen and oxygen atoms in total. The SMILES string of the molecule is CC[C@@]1(O)C(=O)OCC2=C1C=C1c3nc4cc(F)c(C)c5c4c(c3CN1C2OC)[C@@H](NC(=O)O[C@H]1COCC[C@@H]1SSP)CC5. The van der Waals surface area contributed by atoms with Crippen LogP contribution in [0.4, 0.5) is 9.18 Å². The number of hydrogen-bond donors (Lipinski definition) is 2. The molecule has 1 saturated heterocycles. The number of alkyl carbamates (subject to hydrolysis) is 1. The largest absolute Gasteiger partial charge is 0.459 e. The lowest BCUT2D eigenvalue weighted by atomic mass is 9.81. The second-order valence-electron chi connectivity index (χ2n) is 12.0. The monoisotopic (exact) mass is 675 g/mol. The number of ether oxygens (including phenoxy) is 4. The Kier molecular flexibility index (Phi) is 8.32. The van der Waals surface area contributed by atoms with Crippen molar-refractivity contribution < 1.29 is 38.0 Å². The van der Waals surface area contributed by atoms with Crippen LogP contribution < -0.4 is 5.32 Å². The van der Waals surface area contributed by atoms with Gasteiger partial charge in [-0.1, -0.05) is 36.6 Å². The molecule has 1 amide bonds. The first-order valence-corrected chi connectivity index (χ1v) is 18.7. The Morgan fingerprint density at radius 1 is 1.36 bits per heavy atom. The molecule has 5 heterocycles. The van der Waals surface area contributed by atoms with Crippen LogP contribution in [0.15, 0.2) is 23.3 Å². The van der Waals surface area contributed by atoms with Crippen molar-refractivity contribution in [3.8, 4) is 0 Å². The molecule has 5 aliphatic rings. The summed E-state index contributed by atoms with van der Waals surface area (Å²) in [4.78, 5) is 33.2. The van der Waals surface area contributed by atoms with E-state index in [1.807, 2.05) is 4.90 Å². The van der Waals surface area contributed by atoms with Gasteiger partial charge in [0.25, 0.3) is 0 Å². The predicted octanol–water partition coefficient (Wildman–Crippen LogP) is 4.86. The van der Waals surface area contributed by atoms with E-state index in [-0.39, 0.29) is 30.2 Å². The molecule has 1 aliphatic carbocycles. The number of amides is 1. The molecule has 0 spiro atoms. The minimum Gasteiger partial charge on any atom is -0.459 e. The number of nitrogens with zero attached hydrogens (tertiary/aromatic N) is 2. The van der Waals surface area contributed by atoms with E-state index in [4.69, 9.17) is 23.9 Å². The van der Waals surface area contributed by atoms with Crippen LogP contribution in [0.5, 0.6) is 0 Å². The summed E-state index contributed by atoms with van der Waals surface area (Å²) in [5.41, 5.74) is 4.27. The Bertz CT molecular complexity index is 1670. The highest BCUT2D eigenvalue weighted by Crippen LogP contribution is 2.50. The van der Waals surface area contributed by atoms with Gasteiger partial charge in [0.1, 0.15) is 18.5 Å². The Labute approximate surface area is 270 Å². The number of methoxy groups -OCH3 is 1. The van der Waals surface area contributed by atoms with Crippen LogP contribution in [0.25, 0.3) is 16.6 Å². The summed E-state index contributed by atoms with van der Waals surface area (Å²) in [5.74, 6) is -1.04. The third kappa shape index (κ3) is 4.96. The average molecular weight is 676 g/mol. The number of aliphatic hydroxyl groups is 1. The van der Waals surface area contributed by atoms with Gasteiger partial charge in [-0.2, -0.15) is 0 Å². The highest BCUT2D eigenvalue weighted by molar-refractivity contribution is 8.94. The zero-order valence-corrected chi connectivity index (χ0v) is 28.0. The Morgan fingerprint density at radius 2 is 2.18 bits per heavy atom. The van der Waals surface area contributed by atoms with Crippen molar-refractivity contribution >= 4 is 58.3 Å². The van der Waals surface area contributed by atoms with E-state index in [0.29, 0.717) is 66.2 Å². The van der Waals surface area contributed by atoms with Crippen LogP contribution in [0.3, 0.4) is 0 Å². The van der Waals surface area contributed by atoms with Crippen molar-refractivity contribution in [3.63, 3.8) is 0 Å². The molecule has 45 heavy (non-hydrogen) atoms. The maximum Gasteiger partial charge on any atom is 0.408 e. The summed E-state index contributed by atoms with van der Waals surface area (Å²) in [7, 11) is 7.41. The van der Waals surface area contributed by atoms with Crippen molar-refractivity contribution in [1.29, 1.82) is 0 Å². The molecule has 6 atom stereocenters. The standard InChI is InChI=1S/C31H35FN3O7PS2/c1-4-31(38)18-9-22-27-16(11-35(22)28(39-3)17(18)12-41-29(31)36)26-20(6-5-15-14(2)19(32)10-21(33-27)25(15)26)34-30(37)42-23-13-40-8-7-24(23)44-45-43/h9-10,20,23-24,28,38H,4-8,11-13,43H2,1-3H3,(H,34,37)/t20-,23-,24-,28?,31-/m0/s1. The molecule has 1 fully saturated rings. The minimum atomic E-state index is -1.82. The number of pyridine rings is 1. The molecule has 4 aliphatic heterocycles. The number of benzene rings is 1. The first kappa shape index (κ1) is 31.2. The Morgan fingerprint density at radius 3 is 2.93 bits per heavy atom. The number of nitrogens with one attached hydrogen (secondary N) is 1.